The van der Waals surface area contributed by atoms with Crippen molar-refractivity contribution in [1.29, 1.82) is 0 Å². The first-order valence-corrected chi connectivity index (χ1v) is 7.06. The molecule has 2 aromatic rings. The molecule has 2 rings (SSSR count). The molecular formula is C13H14ClNO5S. The van der Waals surface area contributed by atoms with Gasteiger partial charge in [0.25, 0.3) is 5.19 Å². The zero-order valence-corrected chi connectivity index (χ0v) is 13.2. The van der Waals surface area contributed by atoms with Gasteiger partial charge in [0.15, 0.2) is 11.5 Å². The van der Waals surface area contributed by atoms with E-state index < -0.39 is 0 Å². The maximum Gasteiger partial charge on any atom is 0.280 e. The van der Waals surface area contributed by atoms with Crippen LogP contribution in [0, 0.1) is 0 Å². The van der Waals surface area contributed by atoms with Gasteiger partial charge in [0.1, 0.15) is 10.9 Å². The molecule has 0 spiro atoms. The maximum absolute atomic E-state index is 9.10. The lowest BCUT2D eigenvalue weighted by molar-refractivity contribution is 0.285. The minimum absolute atomic E-state index is 0.185. The monoisotopic (exact) mass is 331 g/mol. The Morgan fingerprint density at radius 1 is 1.14 bits per heavy atom. The van der Waals surface area contributed by atoms with Crippen molar-refractivity contribution < 1.29 is 24.1 Å². The summed E-state index contributed by atoms with van der Waals surface area (Å²) < 4.78 is 21.3. The smallest absolute Gasteiger partial charge is 0.280 e. The normalized spacial score (nSPS) is 10.3. The van der Waals surface area contributed by atoms with E-state index in [2.05, 4.69) is 4.98 Å². The molecule has 0 amide bonds. The predicted molar refractivity (Wildman–Crippen MR) is 79.2 cm³/mol. The van der Waals surface area contributed by atoms with Gasteiger partial charge in [-0.2, -0.15) is 4.98 Å². The predicted octanol–water partition coefficient (Wildman–Crippen LogP) is 3.11. The summed E-state index contributed by atoms with van der Waals surface area (Å²) in [6.45, 7) is -0.185. The number of aliphatic hydroxyl groups excluding tert-OH is 1. The highest BCUT2D eigenvalue weighted by atomic mass is 35.5. The quantitative estimate of drug-likeness (QED) is 0.877. The van der Waals surface area contributed by atoms with Crippen molar-refractivity contribution in [2.45, 2.75) is 6.61 Å². The fourth-order valence-electron chi connectivity index (χ4n) is 1.67. The van der Waals surface area contributed by atoms with Gasteiger partial charge in [0, 0.05) is 12.1 Å². The number of hydrogen-bond acceptors (Lipinski definition) is 7. The number of halogens is 1. The van der Waals surface area contributed by atoms with E-state index in [9.17, 15) is 0 Å². The minimum Gasteiger partial charge on any atom is -0.493 e. The van der Waals surface area contributed by atoms with Crippen molar-refractivity contribution in [2.24, 2.45) is 0 Å². The molecule has 0 atom stereocenters. The summed E-state index contributed by atoms with van der Waals surface area (Å²) in [7, 11) is 4.56. The summed E-state index contributed by atoms with van der Waals surface area (Å²) in [5.74, 6) is 1.87. The Hall–Kier alpha value is -1.70. The summed E-state index contributed by atoms with van der Waals surface area (Å²) in [6.07, 6.45) is 0. The van der Waals surface area contributed by atoms with Crippen LogP contribution in [0.2, 0.25) is 5.15 Å². The van der Waals surface area contributed by atoms with Crippen molar-refractivity contribution in [3.05, 3.63) is 22.2 Å². The number of benzene rings is 1. The number of nitrogens with zero attached hydrogens (tertiary/aromatic N) is 1. The Morgan fingerprint density at radius 2 is 1.76 bits per heavy atom. The van der Waals surface area contributed by atoms with Crippen LogP contribution in [0.4, 0.5) is 0 Å². The molecule has 1 N–H and O–H groups in total. The number of hydrogen-bond donors (Lipinski definition) is 1. The summed E-state index contributed by atoms with van der Waals surface area (Å²) in [5.41, 5.74) is 0. The van der Waals surface area contributed by atoms with E-state index in [0.717, 1.165) is 11.3 Å². The number of thiazole rings is 1. The van der Waals surface area contributed by atoms with Crippen LogP contribution in [0.5, 0.6) is 28.2 Å². The molecule has 0 saturated carbocycles. The number of aliphatic hydroxyl groups is 1. The second kappa shape index (κ2) is 6.84. The lowest BCUT2D eigenvalue weighted by atomic mass is 10.2. The molecule has 1 aromatic heterocycles. The fraction of sp³-hybridized carbons (Fsp3) is 0.308. The van der Waals surface area contributed by atoms with Gasteiger partial charge >= 0.3 is 0 Å². The van der Waals surface area contributed by atoms with Crippen molar-refractivity contribution in [3.63, 3.8) is 0 Å². The second-order valence-corrected chi connectivity index (χ2v) is 5.22. The topological polar surface area (TPSA) is 70.0 Å². The molecule has 0 fully saturated rings. The second-order valence-electron chi connectivity index (χ2n) is 3.81. The van der Waals surface area contributed by atoms with Gasteiger partial charge in [-0.25, -0.2) is 0 Å². The van der Waals surface area contributed by atoms with Gasteiger partial charge in [-0.1, -0.05) is 22.9 Å². The molecule has 0 aliphatic carbocycles. The molecule has 0 unspecified atom stereocenters. The SMILES string of the molecule is COc1cc(Oc2nc(Cl)c(CO)s2)cc(OC)c1OC. The van der Waals surface area contributed by atoms with Crippen LogP contribution in [-0.2, 0) is 6.61 Å². The van der Waals surface area contributed by atoms with Gasteiger partial charge < -0.3 is 24.1 Å². The van der Waals surface area contributed by atoms with Crippen LogP contribution in [0.3, 0.4) is 0 Å². The highest BCUT2D eigenvalue weighted by molar-refractivity contribution is 7.13. The first kappa shape index (κ1) is 15.7. The molecule has 21 heavy (non-hydrogen) atoms. The highest BCUT2D eigenvalue weighted by Gasteiger charge is 2.16. The molecule has 0 aliphatic rings. The summed E-state index contributed by atoms with van der Waals surface area (Å²) in [4.78, 5) is 4.56. The molecule has 0 radical (unpaired) electrons. The van der Waals surface area contributed by atoms with E-state index in [1.807, 2.05) is 0 Å². The largest absolute Gasteiger partial charge is 0.493 e. The third-order valence-corrected chi connectivity index (χ3v) is 3.96. The number of rotatable bonds is 6. The number of methoxy groups -OCH3 is 3. The highest BCUT2D eigenvalue weighted by Crippen LogP contribution is 2.42. The van der Waals surface area contributed by atoms with E-state index in [4.69, 9.17) is 35.7 Å². The Morgan fingerprint density at radius 3 is 2.19 bits per heavy atom. The lowest BCUT2D eigenvalue weighted by Crippen LogP contribution is -1.96. The molecular weight excluding hydrogens is 318 g/mol. The summed E-state index contributed by atoms with van der Waals surface area (Å²) in [5, 5.41) is 9.65. The van der Waals surface area contributed by atoms with Crippen molar-refractivity contribution in [2.75, 3.05) is 21.3 Å². The molecule has 6 nitrogen and oxygen atoms in total. The molecule has 114 valence electrons. The lowest BCUT2D eigenvalue weighted by Gasteiger charge is -2.13. The number of aromatic nitrogens is 1. The van der Waals surface area contributed by atoms with Gasteiger partial charge in [-0.15, -0.1) is 0 Å². The zero-order chi connectivity index (χ0) is 15.4. The van der Waals surface area contributed by atoms with E-state index in [1.165, 1.54) is 21.3 Å². The maximum atomic E-state index is 9.10. The zero-order valence-electron chi connectivity index (χ0n) is 11.7. The molecule has 0 bridgehead atoms. The molecule has 0 aliphatic heterocycles. The van der Waals surface area contributed by atoms with E-state index in [1.54, 1.807) is 12.1 Å². The molecule has 1 aromatic carbocycles. The van der Waals surface area contributed by atoms with Gasteiger partial charge in [-0.3, -0.25) is 0 Å². The summed E-state index contributed by atoms with van der Waals surface area (Å²) >= 11 is 7.03. The average molecular weight is 332 g/mol. The first-order valence-electron chi connectivity index (χ1n) is 5.86. The third-order valence-electron chi connectivity index (χ3n) is 2.62. The van der Waals surface area contributed by atoms with Crippen LogP contribution in [-0.4, -0.2) is 31.4 Å². The minimum atomic E-state index is -0.185. The van der Waals surface area contributed by atoms with Crippen LogP contribution in [0.1, 0.15) is 4.88 Å². The van der Waals surface area contributed by atoms with Gasteiger partial charge in [-0.05, 0) is 0 Å². The van der Waals surface area contributed by atoms with E-state index in [0.29, 0.717) is 33.1 Å². The Kier molecular flexibility index (Phi) is 5.11. The molecule has 1 heterocycles. The average Bonchev–Trinajstić information content (AvgIpc) is 2.85. The van der Waals surface area contributed by atoms with Crippen molar-refractivity contribution in [3.8, 4) is 28.2 Å². The van der Waals surface area contributed by atoms with E-state index in [-0.39, 0.29) is 11.8 Å². The van der Waals surface area contributed by atoms with Crippen LogP contribution < -0.4 is 18.9 Å². The summed E-state index contributed by atoms with van der Waals surface area (Å²) in [6, 6.07) is 3.30. The molecule has 8 heteroatoms. The third kappa shape index (κ3) is 3.31. The van der Waals surface area contributed by atoms with Gasteiger partial charge in [0.2, 0.25) is 5.75 Å². The fourth-order valence-corrected chi connectivity index (χ4v) is 2.65. The van der Waals surface area contributed by atoms with Crippen molar-refractivity contribution >= 4 is 22.9 Å². The van der Waals surface area contributed by atoms with Crippen LogP contribution in [0.15, 0.2) is 12.1 Å². The number of ether oxygens (including phenoxy) is 4. The first-order chi connectivity index (χ1) is 10.1. The van der Waals surface area contributed by atoms with Crippen molar-refractivity contribution in [1.82, 2.24) is 4.98 Å². The van der Waals surface area contributed by atoms with Crippen LogP contribution in [0.25, 0.3) is 0 Å². The van der Waals surface area contributed by atoms with E-state index >= 15 is 0 Å². The Balaban J connectivity index is 2.35. The Bertz CT molecular complexity index is 606. The Labute approximate surface area is 130 Å². The molecule has 0 saturated heterocycles. The van der Waals surface area contributed by atoms with Gasteiger partial charge in [0.05, 0.1) is 32.8 Å². The standard InChI is InChI=1S/C13H14ClNO5S/c1-17-8-4-7(5-9(18-2)11(8)19-3)20-13-15-12(14)10(6-16)21-13/h4-5,16H,6H2,1-3H3. The van der Waals surface area contributed by atoms with Crippen LogP contribution >= 0.6 is 22.9 Å².